The first-order chi connectivity index (χ1) is 17.5. The van der Waals surface area contributed by atoms with Crippen molar-refractivity contribution < 1.29 is 23.1 Å². The molecule has 0 saturated carbocycles. The first-order valence-electron chi connectivity index (χ1n) is 13.7. The number of nitrogens with zero attached hydrogens (tertiary/aromatic N) is 4. The van der Waals surface area contributed by atoms with Gasteiger partial charge in [-0.25, -0.2) is 15.0 Å². The van der Waals surface area contributed by atoms with E-state index in [1.165, 1.54) is 6.33 Å². The highest BCUT2D eigenvalue weighted by Gasteiger charge is 2.56. The Hall–Kier alpha value is -1.87. The largest absolute Gasteiger partial charge is 0.430 e. The van der Waals surface area contributed by atoms with Crippen LogP contribution in [0.15, 0.2) is 12.7 Å². The molecule has 0 bridgehead atoms. The van der Waals surface area contributed by atoms with E-state index >= 15 is 0 Å². The second-order valence-corrected chi connectivity index (χ2v) is 24.4. The Bertz CT molecular complexity index is 1200. The van der Waals surface area contributed by atoms with Gasteiger partial charge in [-0.2, -0.15) is 0 Å². The third-order valence-corrected chi connectivity index (χ3v) is 17.4. The van der Waals surface area contributed by atoms with Gasteiger partial charge >= 0.3 is 5.97 Å². The molecule has 1 saturated heterocycles. The van der Waals surface area contributed by atoms with Crippen LogP contribution >= 0.6 is 0 Å². The number of hydrogen-bond acceptors (Lipinski definition) is 9. The van der Waals surface area contributed by atoms with Crippen molar-refractivity contribution in [2.24, 2.45) is 5.41 Å². The summed E-state index contributed by atoms with van der Waals surface area (Å²) in [6.07, 6.45) is 2.23. The van der Waals surface area contributed by atoms with Gasteiger partial charge in [0, 0.05) is 6.42 Å². The van der Waals surface area contributed by atoms with Gasteiger partial charge in [0.2, 0.25) is 5.79 Å². The minimum atomic E-state index is -2.28. The third-order valence-electron chi connectivity index (χ3n) is 8.43. The van der Waals surface area contributed by atoms with Crippen molar-refractivity contribution in [2.45, 2.75) is 123 Å². The second kappa shape index (κ2) is 10.2. The van der Waals surface area contributed by atoms with E-state index in [1.54, 1.807) is 6.33 Å². The Labute approximate surface area is 235 Å². The molecule has 0 aromatic carbocycles. The number of carbonyl (C=O) groups excluding carboxylic acids is 1. The van der Waals surface area contributed by atoms with Crippen LogP contribution in [0.2, 0.25) is 36.3 Å². The van der Waals surface area contributed by atoms with Crippen molar-refractivity contribution in [1.82, 2.24) is 19.5 Å². The van der Waals surface area contributed by atoms with Crippen LogP contribution in [-0.2, 0) is 23.1 Å². The summed E-state index contributed by atoms with van der Waals surface area (Å²) >= 11 is 0. The van der Waals surface area contributed by atoms with Gasteiger partial charge in [-0.3, -0.25) is 9.36 Å². The molecular formula is C27H49N5O5Si2. The number of hydrogen-bond donors (Lipinski definition) is 1. The quantitative estimate of drug-likeness (QED) is 0.309. The van der Waals surface area contributed by atoms with Crippen LogP contribution < -0.4 is 5.73 Å². The number of anilines is 1. The van der Waals surface area contributed by atoms with Gasteiger partial charge in [-0.1, -0.05) is 41.5 Å². The highest BCUT2D eigenvalue weighted by molar-refractivity contribution is 6.74. The molecule has 0 amide bonds. The molecule has 12 heteroatoms. The molecule has 1 aliphatic rings. The van der Waals surface area contributed by atoms with Crippen LogP contribution in [0.3, 0.4) is 0 Å². The molecule has 0 unspecified atom stereocenters. The summed E-state index contributed by atoms with van der Waals surface area (Å²) in [7, 11) is -4.49. The van der Waals surface area contributed by atoms with Crippen molar-refractivity contribution in [3.05, 3.63) is 12.7 Å². The van der Waals surface area contributed by atoms with Crippen molar-refractivity contribution in [1.29, 1.82) is 0 Å². The Morgan fingerprint density at radius 3 is 2.15 bits per heavy atom. The maximum Gasteiger partial charge on any atom is 0.313 e. The number of fused-ring (bicyclic) bond motifs is 1. The Morgan fingerprint density at radius 1 is 1.03 bits per heavy atom. The lowest BCUT2D eigenvalue weighted by Gasteiger charge is -2.40. The summed E-state index contributed by atoms with van der Waals surface area (Å²) in [6, 6.07) is 0. The molecule has 1 aliphatic heterocycles. The minimum absolute atomic E-state index is 0.0354. The number of nitrogen functional groups attached to an aromatic ring is 1. The minimum Gasteiger partial charge on any atom is -0.430 e. The fourth-order valence-electron chi connectivity index (χ4n) is 3.72. The summed E-state index contributed by atoms with van der Waals surface area (Å²) in [5.41, 5.74) is 6.36. The molecule has 3 heterocycles. The molecule has 39 heavy (non-hydrogen) atoms. The predicted molar refractivity (Wildman–Crippen MR) is 158 cm³/mol. The topological polar surface area (TPSA) is 124 Å². The normalized spacial score (nSPS) is 23.4. The van der Waals surface area contributed by atoms with Gasteiger partial charge in [0.25, 0.3) is 0 Å². The van der Waals surface area contributed by atoms with Crippen molar-refractivity contribution in [3.8, 4) is 0 Å². The third kappa shape index (κ3) is 6.56. The van der Waals surface area contributed by atoms with Gasteiger partial charge < -0.3 is 24.1 Å². The number of imidazole rings is 1. The van der Waals surface area contributed by atoms with Gasteiger partial charge in [0.15, 0.2) is 34.3 Å². The van der Waals surface area contributed by atoms with Crippen LogP contribution in [0, 0.1) is 5.41 Å². The molecule has 3 atom stereocenters. The van der Waals surface area contributed by atoms with Gasteiger partial charge in [0.05, 0.1) is 24.5 Å². The van der Waals surface area contributed by atoms with Gasteiger partial charge in [-0.15, -0.1) is 0 Å². The SMILES string of the molecule is CC(C)(C)C(=O)O[C@@]1(CO[Si](C)(C)C(C)(C)C)C[C@@H](O[Si](C)(C)C(C)(C)C)[C@H](n2cnc3c(N)ncnc32)O1. The van der Waals surface area contributed by atoms with E-state index < -0.39 is 40.2 Å². The lowest BCUT2D eigenvalue weighted by molar-refractivity contribution is -0.250. The first-order valence-corrected chi connectivity index (χ1v) is 19.5. The standard InChI is InChI=1S/C27H49N5O5Si2/c1-24(2,3)23(33)36-27(15-34-38(10,11)25(4,5)6)14-18(37-39(12,13)26(7,8)9)22(35-27)32-17-31-19-20(28)29-16-30-21(19)32/h16-18,22H,14-15H2,1-13H3,(H2,28,29,30)/t18-,22-,27-/m1/s1. The lowest BCUT2D eigenvalue weighted by atomic mass is 9.97. The number of nitrogens with two attached hydrogens (primary N) is 1. The molecule has 2 aromatic heterocycles. The molecule has 2 N–H and O–H groups in total. The zero-order chi connectivity index (χ0) is 29.8. The van der Waals surface area contributed by atoms with E-state index in [4.69, 9.17) is 24.1 Å². The average molecular weight is 580 g/mol. The van der Waals surface area contributed by atoms with Crippen LogP contribution in [0.25, 0.3) is 11.2 Å². The fraction of sp³-hybridized carbons (Fsp3) is 0.778. The molecule has 1 fully saturated rings. The first kappa shape index (κ1) is 31.7. The predicted octanol–water partition coefficient (Wildman–Crippen LogP) is 6.03. The maximum absolute atomic E-state index is 13.3. The molecule has 10 nitrogen and oxygen atoms in total. The summed E-state index contributed by atoms with van der Waals surface area (Å²) in [4.78, 5) is 26.3. The number of carbonyl (C=O) groups is 1. The fourth-order valence-corrected chi connectivity index (χ4v) is 6.04. The lowest BCUT2D eigenvalue weighted by Crippen LogP contribution is -2.49. The summed E-state index contributed by atoms with van der Waals surface area (Å²) in [5.74, 6) is -1.44. The molecule has 3 rings (SSSR count). The second-order valence-electron chi connectivity index (χ2n) is 14.8. The monoisotopic (exact) mass is 579 g/mol. The molecule has 0 aliphatic carbocycles. The summed E-state index contributed by atoms with van der Waals surface area (Å²) in [6.45, 7) is 27.4. The van der Waals surface area contributed by atoms with Crippen molar-refractivity contribution in [3.63, 3.8) is 0 Å². The highest BCUT2D eigenvalue weighted by atomic mass is 28.4. The Kier molecular flexibility index (Phi) is 8.28. The Morgan fingerprint density at radius 2 is 1.62 bits per heavy atom. The van der Waals surface area contributed by atoms with E-state index in [0.717, 1.165) is 0 Å². The van der Waals surface area contributed by atoms with E-state index in [9.17, 15) is 4.79 Å². The van der Waals surface area contributed by atoms with Crippen LogP contribution in [0.1, 0.15) is 75.0 Å². The van der Waals surface area contributed by atoms with Crippen molar-refractivity contribution in [2.75, 3.05) is 12.3 Å². The molecule has 0 radical (unpaired) electrons. The van der Waals surface area contributed by atoms with Gasteiger partial charge in [0.1, 0.15) is 11.8 Å². The van der Waals surface area contributed by atoms with E-state index in [1.807, 2.05) is 25.3 Å². The molecule has 2 aromatic rings. The average Bonchev–Trinajstić information content (AvgIpc) is 3.32. The zero-order valence-corrected chi connectivity index (χ0v) is 28.1. The van der Waals surface area contributed by atoms with Crippen molar-refractivity contribution >= 4 is 39.6 Å². The van der Waals surface area contributed by atoms with Crippen LogP contribution in [-0.4, -0.2) is 60.6 Å². The molecular weight excluding hydrogens is 530 g/mol. The Balaban J connectivity index is 2.12. The summed E-state index contributed by atoms with van der Waals surface area (Å²) in [5, 5.41) is -0.0849. The molecule has 220 valence electrons. The van der Waals surface area contributed by atoms with E-state index in [0.29, 0.717) is 17.6 Å². The number of esters is 1. The van der Waals surface area contributed by atoms with E-state index in [2.05, 4.69) is 82.7 Å². The highest BCUT2D eigenvalue weighted by Crippen LogP contribution is 2.47. The van der Waals surface area contributed by atoms with Gasteiger partial charge in [-0.05, 0) is 57.0 Å². The number of rotatable bonds is 7. The summed E-state index contributed by atoms with van der Waals surface area (Å²) < 4.78 is 28.4. The van der Waals surface area contributed by atoms with Crippen LogP contribution in [0.4, 0.5) is 5.82 Å². The molecule has 0 spiro atoms. The number of aromatic nitrogens is 4. The maximum atomic E-state index is 13.3. The number of ether oxygens (including phenoxy) is 2. The zero-order valence-electron chi connectivity index (χ0n) is 26.1. The van der Waals surface area contributed by atoms with E-state index in [-0.39, 0.29) is 28.5 Å². The van der Waals surface area contributed by atoms with Crippen LogP contribution in [0.5, 0.6) is 0 Å². The smallest absolute Gasteiger partial charge is 0.313 e.